The van der Waals surface area contributed by atoms with Crippen LogP contribution in [0.25, 0.3) is 0 Å². The van der Waals surface area contributed by atoms with E-state index in [-0.39, 0.29) is 0 Å². The Labute approximate surface area is 71.6 Å². The Morgan fingerprint density at radius 3 is 3.00 bits per heavy atom. The van der Waals surface area contributed by atoms with Crippen LogP contribution in [0.4, 0.5) is 0 Å². The van der Waals surface area contributed by atoms with Crippen LogP contribution in [0.3, 0.4) is 0 Å². The van der Waals surface area contributed by atoms with Crippen LogP contribution in [0.5, 0.6) is 0 Å². The molecule has 56 valence electrons. The topological polar surface area (TPSA) is 12.4 Å². The third-order valence-corrected chi connectivity index (χ3v) is 2.04. The molecule has 1 nitrogen and oxygen atoms in total. The standard InChI is InChI=1S/C7H11NS2/c1-3-10-5-7(2)4-8-6-9/h4H,3,5H2,1-2H3. The molecule has 0 aromatic heterocycles. The van der Waals surface area contributed by atoms with Crippen LogP contribution in [0.1, 0.15) is 13.8 Å². The number of hydrogen-bond donors (Lipinski definition) is 0. The Morgan fingerprint density at radius 1 is 1.80 bits per heavy atom. The van der Waals surface area contributed by atoms with Crippen molar-refractivity contribution in [3.05, 3.63) is 11.8 Å². The number of thioether (sulfide) groups is 1. The highest BCUT2D eigenvalue weighted by Crippen LogP contribution is 2.05. The van der Waals surface area contributed by atoms with Gasteiger partial charge in [-0.3, -0.25) is 0 Å². The number of aliphatic imine (C=N–C) groups is 1. The van der Waals surface area contributed by atoms with Crippen molar-refractivity contribution in [2.75, 3.05) is 11.5 Å². The first kappa shape index (κ1) is 9.89. The Balaban J connectivity index is 3.59. The van der Waals surface area contributed by atoms with E-state index in [1.54, 1.807) is 6.20 Å². The van der Waals surface area contributed by atoms with Crippen LogP contribution < -0.4 is 0 Å². The lowest BCUT2D eigenvalue weighted by Gasteiger charge is -1.94. The van der Waals surface area contributed by atoms with E-state index >= 15 is 0 Å². The van der Waals surface area contributed by atoms with Crippen LogP contribution >= 0.6 is 24.0 Å². The molecule has 0 radical (unpaired) electrons. The maximum atomic E-state index is 4.41. The molecule has 0 aliphatic rings. The lowest BCUT2D eigenvalue weighted by molar-refractivity contribution is 1.35. The van der Waals surface area contributed by atoms with E-state index in [1.165, 1.54) is 5.57 Å². The summed E-state index contributed by atoms with van der Waals surface area (Å²) in [6.45, 7) is 4.18. The number of hydrogen-bond acceptors (Lipinski definition) is 3. The maximum Gasteiger partial charge on any atom is 0.0634 e. The predicted molar refractivity (Wildman–Crippen MR) is 51.8 cm³/mol. The van der Waals surface area contributed by atoms with Crippen LogP contribution in [0.15, 0.2) is 16.8 Å². The molecule has 0 fully saturated rings. The van der Waals surface area contributed by atoms with Crippen molar-refractivity contribution in [1.29, 1.82) is 0 Å². The fourth-order valence-electron chi connectivity index (χ4n) is 0.437. The smallest absolute Gasteiger partial charge is 0.0634 e. The van der Waals surface area contributed by atoms with Gasteiger partial charge in [-0.05, 0) is 30.5 Å². The number of rotatable bonds is 4. The van der Waals surface area contributed by atoms with Crippen molar-refractivity contribution >= 4 is 29.1 Å². The minimum atomic E-state index is 1.04. The number of nitrogens with zero attached hydrogens (tertiary/aromatic N) is 1. The monoisotopic (exact) mass is 173 g/mol. The summed E-state index contributed by atoms with van der Waals surface area (Å²) in [5, 5.41) is 2.30. The summed E-state index contributed by atoms with van der Waals surface area (Å²) < 4.78 is 0. The zero-order valence-corrected chi connectivity index (χ0v) is 7.89. The predicted octanol–water partition coefficient (Wildman–Crippen LogP) is 2.75. The molecule has 0 unspecified atom stereocenters. The lowest BCUT2D eigenvalue weighted by atomic mass is 10.4. The van der Waals surface area contributed by atoms with Crippen molar-refractivity contribution in [1.82, 2.24) is 0 Å². The molecule has 0 aromatic carbocycles. The Morgan fingerprint density at radius 2 is 2.50 bits per heavy atom. The van der Waals surface area contributed by atoms with Gasteiger partial charge in [-0.1, -0.05) is 6.92 Å². The average molecular weight is 173 g/mol. The van der Waals surface area contributed by atoms with E-state index in [0.717, 1.165) is 11.5 Å². The molecular weight excluding hydrogens is 162 g/mol. The third kappa shape index (κ3) is 6.02. The highest BCUT2D eigenvalue weighted by Gasteiger charge is 1.86. The zero-order valence-electron chi connectivity index (χ0n) is 6.26. The molecule has 3 heteroatoms. The molecule has 10 heavy (non-hydrogen) atoms. The maximum absolute atomic E-state index is 4.41. The SMILES string of the molecule is CCSCC(C)=CN=C=S. The second kappa shape index (κ2) is 7.00. The molecule has 0 saturated carbocycles. The summed E-state index contributed by atoms with van der Waals surface area (Å²) >= 11 is 6.29. The van der Waals surface area contributed by atoms with Crippen molar-refractivity contribution in [3.63, 3.8) is 0 Å². The second-order valence-corrected chi connectivity index (χ2v) is 3.29. The Hall–Kier alpha value is -0.110. The van der Waals surface area contributed by atoms with E-state index in [0.29, 0.717) is 0 Å². The lowest BCUT2D eigenvalue weighted by Crippen LogP contribution is -1.80. The van der Waals surface area contributed by atoms with Crippen molar-refractivity contribution in [2.45, 2.75) is 13.8 Å². The van der Waals surface area contributed by atoms with Crippen LogP contribution in [-0.4, -0.2) is 16.7 Å². The molecule has 0 amide bonds. The first-order chi connectivity index (χ1) is 4.81. The van der Waals surface area contributed by atoms with Crippen LogP contribution in [0.2, 0.25) is 0 Å². The van der Waals surface area contributed by atoms with E-state index in [2.05, 4.69) is 29.3 Å². The first-order valence-corrected chi connectivity index (χ1v) is 4.68. The van der Waals surface area contributed by atoms with Gasteiger partial charge in [-0.2, -0.15) is 11.8 Å². The van der Waals surface area contributed by atoms with Gasteiger partial charge < -0.3 is 0 Å². The van der Waals surface area contributed by atoms with Crippen molar-refractivity contribution < 1.29 is 0 Å². The molecule has 0 bridgehead atoms. The minimum Gasteiger partial charge on any atom is -0.203 e. The first-order valence-electron chi connectivity index (χ1n) is 3.11. The van der Waals surface area contributed by atoms with Gasteiger partial charge in [0, 0.05) is 12.0 Å². The molecule has 0 atom stereocenters. The molecule has 0 spiro atoms. The summed E-state index contributed by atoms with van der Waals surface area (Å²) in [5.41, 5.74) is 1.24. The largest absolute Gasteiger partial charge is 0.203 e. The molecule has 0 heterocycles. The summed E-state index contributed by atoms with van der Waals surface area (Å²) in [6.07, 6.45) is 1.76. The van der Waals surface area contributed by atoms with E-state index in [1.807, 2.05) is 18.7 Å². The molecule has 0 aliphatic carbocycles. The third-order valence-electron chi connectivity index (χ3n) is 0.871. The quantitative estimate of drug-likeness (QED) is 0.479. The van der Waals surface area contributed by atoms with Gasteiger partial charge in [0.15, 0.2) is 0 Å². The molecular formula is C7H11NS2. The summed E-state index contributed by atoms with van der Waals surface area (Å²) in [6, 6.07) is 0. The van der Waals surface area contributed by atoms with Gasteiger partial charge in [0.1, 0.15) is 0 Å². The molecule has 0 saturated heterocycles. The zero-order chi connectivity index (χ0) is 7.82. The summed E-state index contributed by atoms with van der Waals surface area (Å²) in [7, 11) is 0. The fourth-order valence-corrected chi connectivity index (χ4v) is 1.09. The summed E-state index contributed by atoms with van der Waals surface area (Å²) in [4.78, 5) is 3.71. The molecule has 0 N–H and O–H groups in total. The minimum absolute atomic E-state index is 1.04. The molecule has 0 aromatic rings. The summed E-state index contributed by atoms with van der Waals surface area (Å²) in [5.74, 6) is 2.18. The van der Waals surface area contributed by atoms with Crippen LogP contribution in [-0.2, 0) is 0 Å². The normalized spacial score (nSPS) is 10.8. The second-order valence-electron chi connectivity index (χ2n) is 1.83. The van der Waals surface area contributed by atoms with Gasteiger partial charge in [0.2, 0.25) is 0 Å². The highest BCUT2D eigenvalue weighted by atomic mass is 32.2. The van der Waals surface area contributed by atoms with E-state index in [9.17, 15) is 0 Å². The molecule has 0 aliphatic heterocycles. The van der Waals surface area contributed by atoms with Gasteiger partial charge >= 0.3 is 0 Å². The van der Waals surface area contributed by atoms with E-state index < -0.39 is 0 Å². The Bertz CT molecular complexity index is 157. The van der Waals surface area contributed by atoms with E-state index in [4.69, 9.17) is 0 Å². The van der Waals surface area contributed by atoms with Gasteiger partial charge in [-0.15, -0.1) is 0 Å². The highest BCUT2D eigenvalue weighted by molar-refractivity contribution is 7.99. The van der Waals surface area contributed by atoms with Gasteiger partial charge in [-0.25, -0.2) is 4.99 Å². The van der Waals surface area contributed by atoms with Crippen molar-refractivity contribution in [2.24, 2.45) is 4.99 Å². The van der Waals surface area contributed by atoms with Crippen LogP contribution in [0, 0.1) is 0 Å². The van der Waals surface area contributed by atoms with Crippen molar-refractivity contribution in [3.8, 4) is 0 Å². The molecule has 0 rings (SSSR count). The van der Waals surface area contributed by atoms with Gasteiger partial charge in [0.05, 0.1) is 5.16 Å². The van der Waals surface area contributed by atoms with Gasteiger partial charge in [0.25, 0.3) is 0 Å². The fraction of sp³-hybridized carbons (Fsp3) is 0.571. The average Bonchev–Trinajstić information content (AvgIpc) is 1.97. The number of thiocarbonyl (C=S) groups is 1. The number of isothiocyanates is 1. The Kier molecular flexibility index (Phi) is 6.93.